The highest BCUT2D eigenvalue weighted by Crippen LogP contribution is 2.58. The summed E-state index contributed by atoms with van der Waals surface area (Å²) in [5, 5.41) is 11.7. The summed E-state index contributed by atoms with van der Waals surface area (Å²) in [6.45, 7) is 7.23. The zero-order chi connectivity index (χ0) is 19.0. The number of phenolic OH excluding ortho intramolecular Hbond substituents is 1. The Kier molecular flexibility index (Phi) is 3.33. The molecule has 0 radical (unpaired) electrons. The first-order valence-corrected chi connectivity index (χ1v) is 9.60. The van der Waals surface area contributed by atoms with Crippen LogP contribution in [0.2, 0.25) is 0 Å². The summed E-state index contributed by atoms with van der Waals surface area (Å²) in [6.07, 6.45) is 1.93. The Balaban J connectivity index is 1.92. The van der Waals surface area contributed by atoms with Crippen LogP contribution in [0.4, 0.5) is 4.39 Å². The third-order valence-corrected chi connectivity index (χ3v) is 6.22. The van der Waals surface area contributed by atoms with Crippen molar-refractivity contribution in [3.05, 3.63) is 59.5 Å². The fourth-order valence-corrected chi connectivity index (χ4v) is 5.11. The van der Waals surface area contributed by atoms with Crippen LogP contribution in [0.15, 0.2) is 42.5 Å². The van der Waals surface area contributed by atoms with Crippen LogP contribution in [-0.4, -0.2) is 16.3 Å². The molecule has 3 aromatic rings. The van der Waals surface area contributed by atoms with Crippen molar-refractivity contribution in [3.8, 4) is 11.4 Å². The van der Waals surface area contributed by atoms with Crippen molar-refractivity contribution in [1.29, 1.82) is 0 Å². The first-order chi connectivity index (χ1) is 12.8. The van der Waals surface area contributed by atoms with Crippen LogP contribution in [0, 0.1) is 11.7 Å². The Morgan fingerprint density at radius 1 is 1.11 bits per heavy atom. The zero-order valence-electron chi connectivity index (χ0n) is 15.9. The molecule has 1 fully saturated rings. The van der Waals surface area contributed by atoms with Crippen molar-refractivity contribution in [2.45, 2.75) is 44.6 Å². The zero-order valence-corrected chi connectivity index (χ0v) is 15.9. The van der Waals surface area contributed by atoms with E-state index in [0.717, 1.165) is 35.0 Å². The molecule has 4 heteroatoms. The Labute approximate surface area is 158 Å². The molecule has 0 bridgehead atoms. The molecule has 1 spiro atoms. The van der Waals surface area contributed by atoms with Crippen LogP contribution >= 0.6 is 0 Å². The summed E-state index contributed by atoms with van der Waals surface area (Å²) >= 11 is 0. The van der Waals surface area contributed by atoms with Gasteiger partial charge in [0.25, 0.3) is 0 Å². The van der Waals surface area contributed by atoms with Crippen molar-refractivity contribution >= 4 is 10.9 Å². The summed E-state index contributed by atoms with van der Waals surface area (Å²) in [7, 11) is 0. The van der Waals surface area contributed by atoms with Gasteiger partial charge in [-0.1, -0.05) is 26.8 Å². The maximum absolute atomic E-state index is 13.6. The summed E-state index contributed by atoms with van der Waals surface area (Å²) < 4.78 is 22.2. The van der Waals surface area contributed by atoms with Gasteiger partial charge in [-0.25, -0.2) is 4.39 Å². The van der Waals surface area contributed by atoms with Crippen LogP contribution in [-0.2, 0) is 15.8 Å². The second-order valence-corrected chi connectivity index (χ2v) is 8.89. The highest BCUT2D eigenvalue weighted by molar-refractivity contribution is 5.94. The van der Waals surface area contributed by atoms with Gasteiger partial charge in [-0.3, -0.25) is 0 Å². The van der Waals surface area contributed by atoms with Gasteiger partial charge in [-0.05, 0) is 55.2 Å². The van der Waals surface area contributed by atoms with E-state index in [1.165, 1.54) is 17.8 Å². The fraction of sp³-hybridized carbons (Fsp3) is 0.391. The van der Waals surface area contributed by atoms with Gasteiger partial charge in [-0.2, -0.15) is 0 Å². The van der Waals surface area contributed by atoms with E-state index in [1.807, 2.05) is 12.1 Å². The molecular weight excluding hydrogens is 341 g/mol. The average molecular weight is 365 g/mol. The van der Waals surface area contributed by atoms with Gasteiger partial charge in [0, 0.05) is 27.7 Å². The van der Waals surface area contributed by atoms with E-state index in [9.17, 15) is 9.50 Å². The van der Waals surface area contributed by atoms with Crippen LogP contribution in [0.1, 0.15) is 44.9 Å². The lowest BCUT2D eigenvalue weighted by Crippen LogP contribution is -2.50. The van der Waals surface area contributed by atoms with E-state index in [4.69, 9.17) is 4.74 Å². The Morgan fingerprint density at radius 3 is 2.48 bits per heavy atom. The Morgan fingerprint density at radius 2 is 1.81 bits per heavy atom. The highest BCUT2D eigenvalue weighted by Gasteiger charge is 2.54. The SMILES string of the molecule is CC1CC2(C1)OCC(C)(C)c1c2c2c(O)cccc2n1-c1ccc(F)cc1. The number of ether oxygens (including phenoxy) is 1. The lowest BCUT2D eigenvalue weighted by molar-refractivity contribution is -0.155. The standard InChI is InChI=1S/C23H24FNO2/c1-14-11-23(12-14)20-19-17(5-4-6-18(19)26)25(16-9-7-15(24)8-10-16)21(20)22(2,3)13-27-23/h4-10,14,26H,11-13H2,1-3H3. The summed E-state index contributed by atoms with van der Waals surface area (Å²) in [5.74, 6) is 0.637. The molecule has 3 nitrogen and oxygen atoms in total. The van der Waals surface area contributed by atoms with Gasteiger partial charge in [0.1, 0.15) is 11.6 Å². The minimum absolute atomic E-state index is 0.223. The molecule has 27 heavy (non-hydrogen) atoms. The van der Waals surface area contributed by atoms with Crippen molar-refractivity contribution < 1.29 is 14.2 Å². The minimum Gasteiger partial charge on any atom is -0.507 e. The topological polar surface area (TPSA) is 34.4 Å². The van der Waals surface area contributed by atoms with Crippen LogP contribution in [0.5, 0.6) is 5.75 Å². The fourth-order valence-electron chi connectivity index (χ4n) is 5.11. The molecule has 0 unspecified atom stereocenters. The number of hydrogen-bond acceptors (Lipinski definition) is 2. The number of hydrogen-bond donors (Lipinski definition) is 1. The van der Waals surface area contributed by atoms with E-state index < -0.39 is 0 Å². The number of fused-ring (bicyclic) bond motifs is 4. The maximum atomic E-state index is 13.6. The minimum atomic E-state index is -0.327. The maximum Gasteiger partial charge on any atom is 0.125 e. The monoisotopic (exact) mass is 365 g/mol. The van der Waals surface area contributed by atoms with Gasteiger partial charge in [0.2, 0.25) is 0 Å². The van der Waals surface area contributed by atoms with Crippen molar-refractivity contribution in [1.82, 2.24) is 4.57 Å². The predicted octanol–water partition coefficient (Wildman–Crippen LogP) is 5.41. The summed E-state index contributed by atoms with van der Waals surface area (Å²) in [6, 6.07) is 12.2. The van der Waals surface area contributed by atoms with Crippen molar-refractivity contribution in [3.63, 3.8) is 0 Å². The molecule has 1 aliphatic heterocycles. The molecule has 2 aromatic carbocycles. The number of rotatable bonds is 1. The van der Waals surface area contributed by atoms with E-state index in [1.54, 1.807) is 18.2 Å². The smallest absolute Gasteiger partial charge is 0.125 e. The second kappa shape index (κ2) is 5.35. The number of halogens is 1. The van der Waals surface area contributed by atoms with Gasteiger partial charge in [-0.15, -0.1) is 0 Å². The van der Waals surface area contributed by atoms with E-state index in [0.29, 0.717) is 12.5 Å². The molecule has 2 aliphatic rings. The largest absolute Gasteiger partial charge is 0.507 e. The summed E-state index contributed by atoms with van der Waals surface area (Å²) in [4.78, 5) is 0. The Hall–Kier alpha value is -2.33. The molecule has 0 amide bonds. The average Bonchev–Trinajstić information content (AvgIpc) is 2.96. The van der Waals surface area contributed by atoms with Gasteiger partial charge < -0.3 is 14.4 Å². The van der Waals surface area contributed by atoms with Crippen molar-refractivity contribution in [2.24, 2.45) is 5.92 Å². The molecule has 1 aliphatic carbocycles. The molecule has 140 valence electrons. The van der Waals surface area contributed by atoms with Crippen LogP contribution in [0.25, 0.3) is 16.6 Å². The summed E-state index contributed by atoms with van der Waals surface area (Å²) in [5.41, 5.74) is 3.60. The molecule has 0 saturated heterocycles. The molecule has 1 saturated carbocycles. The number of aromatic nitrogens is 1. The normalized spacial score (nSPS) is 26.1. The molecule has 0 atom stereocenters. The van der Waals surface area contributed by atoms with Crippen LogP contribution < -0.4 is 0 Å². The Bertz CT molecular complexity index is 1040. The van der Waals surface area contributed by atoms with E-state index >= 15 is 0 Å². The number of nitrogens with zero attached hydrogens (tertiary/aromatic N) is 1. The van der Waals surface area contributed by atoms with Crippen molar-refractivity contribution in [2.75, 3.05) is 6.61 Å². The number of aromatic hydroxyl groups is 1. The van der Waals surface area contributed by atoms with Gasteiger partial charge in [0.05, 0.1) is 17.7 Å². The molecule has 1 N–H and O–H groups in total. The molecular formula is C23H24FNO2. The third kappa shape index (κ3) is 2.23. The highest BCUT2D eigenvalue weighted by atomic mass is 19.1. The van der Waals surface area contributed by atoms with E-state index in [-0.39, 0.29) is 22.6 Å². The molecule has 2 heterocycles. The van der Waals surface area contributed by atoms with E-state index in [2.05, 4.69) is 25.3 Å². The van der Waals surface area contributed by atoms with Gasteiger partial charge >= 0.3 is 0 Å². The number of benzene rings is 2. The first-order valence-electron chi connectivity index (χ1n) is 9.60. The lowest BCUT2D eigenvalue weighted by Gasteiger charge is -2.52. The lowest BCUT2D eigenvalue weighted by atomic mass is 9.64. The van der Waals surface area contributed by atoms with Gasteiger partial charge in [0.15, 0.2) is 0 Å². The first kappa shape index (κ1) is 16.8. The third-order valence-electron chi connectivity index (χ3n) is 6.22. The molecule has 5 rings (SSSR count). The predicted molar refractivity (Wildman–Crippen MR) is 104 cm³/mol. The second-order valence-electron chi connectivity index (χ2n) is 8.89. The molecule has 1 aromatic heterocycles. The van der Waals surface area contributed by atoms with Crippen LogP contribution in [0.3, 0.4) is 0 Å². The quantitative estimate of drug-likeness (QED) is 0.626. The number of phenols is 1.